The lowest BCUT2D eigenvalue weighted by molar-refractivity contribution is 0.427. The van der Waals surface area contributed by atoms with Crippen LogP contribution in [0, 0.1) is 6.92 Å². The van der Waals surface area contributed by atoms with Gasteiger partial charge in [0.1, 0.15) is 0 Å². The van der Waals surface area contributed by atoms with Crippen molar-refractivity contribution in [3.63, 3.8) is 0 Å². The van der Waals surface area contributed by atoms with E-state index in [1.807, 2.05) is 0 Å². The molecule has 1 aromatic heterocycles. The second kappa shape index (κ2) is 5.00. The van der Waals surface area contributed by atoms with Gasteiger partial charge in [-0.25, -0.2) is 4.21 Å². The molecule has 0 aliphatic rings. The number of hydrogen-bond acceptors (Lipinski definition) is 3. The molecule has 0 saturated carbocycles. The van der Waals surface area contributed by atoms with Crippen LogP contribution < -0.4 is 0 Å². The van der Waals surface area contributed by atoms with Crippen molar-refractivity contribution < 1.29 is 13.3 Å². The van der Waals surface area contributed by atoms with Gasteiger partial charge in [-0.2, -0.15) is 0 Å². The highest BCUT2D eigenvalue weighted by Crippen LogP contribution is 2.32. The smallest absolute Gasteiger partial charge is 0.168 e. The Hall–Kier alpha value is -1.17. The lowest BCUT2D eigenvalue weighted by Crippen LogP contribution is -1.96. The minimum Gasteiger partial charge on any atom is -0.356 e. The molecule has 0 bridgehead atoms. The quantitative estimate of drug-likeness (QED) is 0.872. The first kappa shape index (κ1) is 12.3. The van der Waals surface area contributed by atoms with Gasteiger partial charge in [0, 0.05) is 11.6 Å². The third kappa shape index (κ3) is 2.74. The molecular formula is C11H10ClNO3S. The van der Waals surface area contributed by atoms with Gasteiger partial charge in [-0.05, 0) is 18.6 Å². The van der Waals surface area contributed by atoms with E-state index in [2.05, 4.69) is 5.16 Å². The summed E-state index contributed by atoms with van der Waals surface area (Å²) in [5.74, 6) is 0.517. The molecule has 0 saturated heterocycles. The monoisotopic (exact) mass is 271 g/mol. The minimum absolute atomic E-state index is 0.00956. The maximum absolute atomic E-state index is 10.9. The molecule has 1 N–H and O–H groups in total. The van der Waals surface area contributed by atoms with Gasteiger partial charge in [-0.1, -0.05) is 28.9 Å². The van der Waals surface area contributed by atoms with E-state index in [-0.39, 0.29) is 5.75 Å². The number of aromatic nitrogens is 1. The molecule has 0 amide bonds. The number of rotatable bonds is 3. The predicted octanol–water partition coefficient (Wildman–Crippen LogP) is 3.03. The van der Waals surface area contributed by atoms with Crippen molar-refractivity contribution in [3.05, 3.63) is 40.5 Å². The van der Waals surface area contributed by atoms with Crippen molar-refractivity contribution in [2.45, 2.75) is 12.7 Å². The average molecular weight is 272 g/mol. The lowest BCUT2D eigenvalue weighted by atomic mass is 10.1. The Morgan fingerprint density at radius 3 is 2.88 bits per heavy atom. The van der Waals surface area contributed by atoms with E-state index < -0.39 is 11.1 Å². The fourth-order valence-corrected chi connectivity index (χ4v) is 2.37. The van der Waals surface area contributed by atoms with Gasteiger partial charge in [0.05, 0.1) is 16.5 Å². The standard InChI is InChI=1S/C11H10ClNO3S/c1-7-5-10(16-13-7)11-8(6-17(14)15)3-2-4-9(11)12/h2-5H,6H2,1H3,(H,14,15). The molecule has 0 aliphatic heterocycles. The van der Waals surface area contributed by atoms with Gasteiger partial charge in [-0.15, -0.1) is 0 Å². The second-order valence-corrected chi connectivity index (χ2v) is 4.91. The predicted molar refractivity (Wildman–Crippen MR) is 66.2 cm³/mol. The van der Waals surface area contributed by atoms with Gasteiger partial charge in [0.2, 0.25) is 0 Å². The third-order valence-corrected chi connectivity index (χ3v) is 3.13. The van der Waals surface area contributed by atoms with E-state index >= 15 is 0 Å². The van der Waals surface area contributed by atoms with Crippen LogP contribution in [0.5, 0.6) is 0 Å². The third-order valence-electron chi connectivity index (χ3n) is 2.25. The summed E-state index contributed by atoms with van der Waals surface area (Å²) in [6, 6.07) is 6.92. The first-order valence-corrected chi connectivity index (χ1v) is 6.52. The number of hydrogen-bond donors (Lipinski definition) is 1. The summed E-state index contributed by atoms with van der Waals surface area (Å²) in [5, 5.41) is 4.26. The molecule has 0 spiro atoms. The maximum atomic E-state index is 10.9. The molecule has 1 atom stereocenters. The second-order valence-electron chi connectivity index (χ2n) is 3.57. The summed E-state index contributed by atoms with van der Waals surface area (Å²) in [4.78, 5) is 0. The van der Waals surface area contributed by atoms with Crippen molar-refractivity contribution in [1.82, 2.24) is 5.16 Å². The van der Waals surface area contributed by atoms with Gasteiger partial charge in [0.25, 0.3) is 0 Å². The average Bonchev–Trinajstić information content (AvgIpc) is 2.64. The number of benzene rings is 1. The topological polar surface area (TPSA) is 63.3 Å². The van der Waals surface area contributed by atoms with E-state index in [4.69, 9.17) is 20.7 Å². The zero-order valence-electron chi connectivity index (χ0n) is 9.01. The zero-order chi connectivity index (χ0) is 12.4. The molecule has 2 aromatic rings. The molecule has 90 valence electrons. The first-order chi connectivity index (χ1) is 8.08. The van der Waals surface area contributed by atoms with Crippen LogP contribution in [-0.2, 0) is 16.8 Å². The molecule has 0 radical (unpaired) electrons. The fourth-order valence-electron chi connectivity index (χ4n) is 1.58. The molecule has 2 rings (SSSR count). The molecule has 17 heavy (non-hydrogen) atoms. The highest BCUT2D eigenvalue weighted by Gasteiger charge is 2.15. The maximum Gasteiger partial charge on any atom is 0.168 e. The highest BCUT2D eigenvalue weighted by molar-refractivity contribution is 7.78. The summed E-state index contributed by atoms with van der Waals surface area (Å²) in [6.07, 6.45) is 0. The molecular weight excluding hydrogens is 262 g/mol. The van der Waals surface area contributed by atoms with Crippen molar-refractivity contribution in [2.75, 3.05) is 0 Å². The van der Waals surface area contributed by atoms with Crippen molar-refractivity contribution in [2.24, 2.45) is 0 Å². The van der Waals surface area contributed by atoms with Crippen LogP contribution in [0.1, 0.15) is 11.3 Å². The number of halogens is 1. The normalized spacial score (nSPS) is 12.6. The Morgan fingerprint density at radius 2 is 2.29 bits per heavy atom. The molecule has 0 aliphatic carbocycles. The van der Waals surface area contributed by atoms with Crippen LogP contribution in [0.25, 0.3) is 11.3 Å². The lowest BCUT2D eigenvalue weighted by Gasteiger charge is -2.06. The Morgan fingerprint density at radius 1 is 1.53 bits per heavy atom. The fraction of sp³-hybridized carbons (Fsp3) is 0.182. The summed E-state index contributed by atoms with van der Waals surface area (Å²) in [7, 11) is 0. The summed E-state index contributed by atoms with van der Waals surface area (Å²) < 4.78 is 25.0. The molecule has 4 nitrogen and oxygen atoms in total. The zero-order valence-corrected chi connectivity index (χ0v) is 10.6. The summed E-state index contributed by atoms with van der Waals surface area (Å²) in [5.41, 5.74) is 2.02. The van der Waals surface area contributed by atoms with E-state index in [9.17, 15) is 4.21 Å². The van der Waals surface area contributed by atoms with Crippen LogP contribution in [0.4, 0.5) is 0 Å². The summed E-state index contributed by atoms with van der Waals surface area (Å²) in [6.45, 7) is 1.80. The molecule has 6 heteroatoms. The van der Waals surface area contributed by atoms with Crippen molar-refractivity contribution >= 4 is 22.7 Å². The van der Waals surface area contributed by atoms with Gasteiger partial charge in [0.15, 0.2) is 16.8 Å². The number of aryl methyl sites for hydroxylation is 1. The Labute approximate surface area is 106 Å². The van der Waals surface area contributed by atoms with E-state index in [0.29, 0.717) is 21.9 Å². The van der Waals surface area contributed by atoms with Crippen molar-refractivity contribution in [1.29, 1.82) is 0 Å². The van der Waals surface area contributed by atoms with Crippen LogP contribution in [-0.4, -0.2) is 13.9 Å². The first-order valence-electron chi connectivity index (χ1n) is 4.86. The minimum atomic E-state index is -1.92. The highest BCUT2D eigenvalue weighted by atomic mass is 35.5. The van der Waals surface area contributed by atoms with Crippen molar-refractivity contribution in [3.8, 4) is 11.3 Å². The molecule has 1 heterocycles. The Balaban J connectivity index is 2.54. The Kier molecular flexibility index (Phi) is 3.61. The van der Waals surface area contributed by atoms with Crippen LogP contribution in [0.2, 0.25) is 5.02 Å². The Bertz CT molecular complexity index is 568. The molecule has 1 unspecified atom stereocenters. The van der Waals surface area contributed by atoms with E-state index in [0.717, 1.165) is 5.69 Å². The number of nitrogens with zero attached hydrogens (tertiary/aromatic N) is 1. The van der Waals surface area contributed by atoms with Crippen LogP contribution in [0.3, 0.4) is 0 Å². The van der Waals surface area contributed by atoms with Gasteiger partial charge in [-0.3, -0.25) is 0 Å². The van der Waals surface area contributed by atoms with Crippen LogP contribution in [0.15, 0.2) is 28.8 Å². The van der Waals surface area contributed by atoms with E-state index in [1.54, 1.807) is 31.2 Å². The van der Waals surface area contributed by atoms with Gasteiger partial charge >= 0.3 is 0 Å². The SMILES string of the molecule is Cc1cc(-c2c(Cl)cccc2CS(=O)O)on1. The largest absolute Gasteiger partial charge is 0.356 e. The molecule has 1 aromatic carbocycles. The van der Waals surface area contributed by atoms with Gasteiger partial charge < -0.3 is 9.08 Å². The molecule has 0 fully saturated rings. The van der Waals surface area contributed by atoms with Crippen LogP contribution >= 0.6 is 11.6 Å². The summed E-state index contributed by atoms with van der Waals surface area (Å²) >= 11 is 4.17. The van der Waals surface area contributed by atoms with E-state index in [1.165, 1.54) is 0 Å².